The quantitative estimate of drug-likeness (QED) is 0.702. The van der Waals surface area contributed by atoms with Gasteiger partial charge in [0, 0.05) is 36.5 Å². The van der Waals surface area contributed by atoms with E-state index in [-0.39, 0.29) is 0 Å². The van der Waals surface area contributed by atoms with Gasteiger partial charge in [0.15, 0.2) is 0 Å². The molecule has 3 aromatic rings. The molecule has 2 N–H and O–H groups in total. The highest BCUT2D eigenvalue weighted by molar-refractivity contribution is 7.80. The summed E-state index contributed by atoms with van der Waals surface area (Å²) in [6.07, 6.45) is 4.52. The second kappa shape index (κ2) is 7.27. The Morgan fingerprint density at radius 1 is 1.21 bits per heavy atom. The Morgan fingerprint density at radius 3 is 2.83 bits per heavy atom. The van der Waals surface area contributed by atoms with Gasteiger partial charge in [0.1, 0.15) is 16.6 Å². The van der Waals surface area contributed by atoms with Crippen LogP contribution in [0.1, 0.15) is 22.5 Å². The van der Waals surface area contributed by atoms with E-state index in [2.05, 4.69) is 21.7 Å². The van der Waals surface area contributed by atoms with E-state index >= 15 is 0 Å². The van der Waals surface area contributed by atoms with Crippen LogP contribution in [0.15, 0.2) is 60.9 Å². The maximum atomic E-state index is 5.72. The highest BCUT2D eigenvalue weighted by atomic mass is 32.1. The summed E-state index contributed by atoms with van der Waals surface area (Å²) >= 11 is 5.05. The smallest absolute Gasteiger partial charge is 0.122 e. The molecule has 0 aliphatic rings. The van der Waals surface area contributed by atoms with Crippen LogP contribution in [0, 0.1) is 0 Å². The molecule has 0 unspecified atom stereocenters. The minimum absolute atomic E-state index is 0.414. The summed E-state index contributed by atoms with van der Waals surface area (Å²) in [5, 5.41) is 0. The zero-order valence-electron chi connectivity index (χ0n) is 13.5. The molecule has 24 heavy (non-hydrogen) atoms. The van der Waals surface area contributed by atoms with Crippen molar-refractivity contribution in [2.45, 2.75) is 13.0 Å². The molecule has 4 nitrogen and oxygen atoms in total. The molecular formula is C19H19N3OS. The number of aromatic nitrogens is 2. The molecule has 0 amide bonds. The predicted octanol–water partition coefficient (Wildman–Crippen LogP) is 3.17. The number of nitrogens with two attached hydrogens (primary N) is 1. The number of methoxy groups -OCH3 is 1. The summed E-state index contributed by atoms with van der Waals surface area (Å²) in [6.45, 7) is 0.723. The van der Waals surface area contributed by atoms with E-state index in [0.717, 1.165) is 34.8 Å². The summed E-state index contributed by atoms with van der Waals surface area (Å²) < 4.78 is 7.56. The lowest BCUT2D eigenvalue weighted by Crippen LogP contribution is -2.11. The molecule has 3 rings (SSSR count). The SMILES string of the molecule is COc1ccccc1Cc1nccn1Cc1cccc(C(N)=S)c1. The topological polar surface area (TPSA) is 53.1 Å². The Hall–Kier alpha value is -2.66. The third-order valence-corrected chi connectivity index (χ3v) is 4.14. The molecule has 0 saturated heterocycles. The lowest BCUT2D eigenvalue weighted by atomic mass is 10.1. The standard InChI is InChI=1S/C19H19N3OS/c1-23-17-8-3-2-6-15(17)12-18-21-9-10-22(18)13-14-5-4-7-16(11-14)19(20)24/h2-11H,12-13H2,1H3,(H2,20,24). The molecule has 1 heterocycles. The van der Waals surface area contributed by atoms with Crippen molar-refractivity contribution in [2.75, 3.05) is 7.11 Å². The Balaban J connectivity index is 1.83. The summed E-state index contributed by atoms with van der Waals surface area (Å²) in [6, 6.07) is 16.0. The van der Waals surface area contributed by atoms with E-state index in [0.29, 0.717) is 11.4 Å². The first-order valence-corrected chi connectivity index (χ1v) is 8.09. The van der Waals surface area contributed by atoms with Crippen molar-refractivity contribution < 1.29 is 4.74 Å². The molecule has 0 radical (unpaired) electrons. The number of thiocarbonyl (C=S) groups is 1. The molecule has 0 atom stereocenters. The van der Waals surface area contributed by atoms with Crippen molar-refractivity contribution in [1.82, 2.24) is 9.55 Å². The lowest BCUT2D eigenvalue weighted by Gasteiger charge is -2.11. The van der Waals surface area contributed by atoms with Crippen LogP contribution >= 0.6 is 12.2 Å². The van der Waals surface area contributed by atoms with Crippen LogP contribution < -0.4 is 10.5 Å². The number of hydrogen-bond donors (Lipinski definition) is 1. The summed E-state index contributed by atoms with van der Waals surface area (Å²) in [5.74, 6) is 1.86. The zero-order valence-corrected chi connectivity index (χ0v) is 14.3. The van der Waals surface area contributed by atoms with Gasteiger partial charge in [0.05, 0.1) is 7.11 Å². The molecule has 0 saturated carbocycles. The van der Waals surface area contributed by atoms with E-state index in [1.54, 1.807) is 7.11 Å². The van der Waals surface area contributed by atoms with Gasteiger partial charge in [-0.15, -0.1) is 0 Å². The second-order valence-corrected chi connectivity index (χ2v) is 5.96. The molecule has 1 aromatic heterocycles. The molecule has 0 aliphatic heterocycles. The Kier molecular flexibility index (Phi) is 4.91. The van der Waals surface area contributed by atoms with Gasteiger partial charge in [-0.3, -0.25) is 0 Å². The van der Waals surface area contributed by atoms with Crippen LogP contribution in [0.2, 0.25) is 0 Å². The number of ether oxygens (including phenoxy) is 1. The third kappa shape index (κ3) is 3.63. The Labute approximate surface area is 146 Å². The van der Waals surface area contributed by atoms with E-state index in [9.17, 15) is 0 Å². The number of imidazole rings is 1. The third-order valence-electron chi connectivity index (χ3n) is 3.91. The fourth-order valence-electron chi connectivity index (χ4n) is 2.69. The molecule has 0 fully saturated rings. The average molecular weight is 337 g/mol. The summed E-state index contributed by atoms with van der Waals surface area (Å²) in [4.78, 5) is 4.91. The van der Waals surface area contributed by atoms with Gasteiger partial charge in [0.2, 0.25) is 0 Å². The number of para-hydroxylation sites is 1. The number of rotatable bonds is 6. The number of benzene rings is 2. The first kappa shape index (κ1) is 16.2. The van der Waals surface area contributed by atoms with Gasteiger partial charge < -0.3 is 15.0 Å². The van der Waals surface area contributed by atoms with Crippen LogP contribution in [-0.4, -0.2) is 21.6 Å². The molecule has 2 aromatic carbocycles. The van der Waals surface area contributed by atoms with Gasteiger partial charge in [-0.05, 0) is 17.7 Å². The summed E-state index contributed by atoms with van der Waals surface area (Å²) in [5.41, 5.74) is 8.86. The minimum Gasteiger partial charge on any atom is -0.496 e. The average Bonchev–Trinajstić information content (AvgIpc) is 3.02. The maximum Gasteiger partial charge on any atom is 0.122 e. The minimum atomic E-state index is 0.414. The molecular weight excluding hydrogens is 318 g/mol. The predicted molar refractivity (Wildman–Crippen MR) is 99.5 cm³/mol. The first-order chi connectivity index (χ1) is 11.7. The largest absolute Gasteiger partial charge is 0.496 e. The summed E-state index contributed by atoms with van der Waals surface area (Å²) in [7, 11) is 1.69. The van der Waals surface area contributed by atoms with Crippen LogP contribution in [0.25, 0.3) is 0 Å². The number of hydrogen-bond acceptors (Lipinski definition) is 3. The van der Waals surface area contributed by atoms with Crippen LogP contribution in [0.5, 0.6) is 5.75 Å². The Morgan fingerprint density at radius 2 is 2.04 bits per heavy atom. The van der Waals surface area contributed by atoms with Crippen molar-refractivity contribution >= 4 is 17.2 Å². The van der Waals surface area contributed by atoms with E-state index in [4.69, 9.17) is 22.7 Å². The van der Waals surface area contributed by atoms with Crippen molar-refractivity contribution in [3.63, 3.8) is 0 Å². The normalized spacial score (nSPS) is 10.5. The van der Waals surface area contributed by atoms with Crippen molar-refractivity contribution in [1.29, 1.82) is 0 Å². The van der Waals surface area contributed by atoms with Gasteiger partial charge in [-0.1, -0.05) is 48.6 Å². The highest BCUT2D eigenvalue weighted by Gasteiger charge is 2.09. The zero-order chi connectivity index (χ0) is 16.9. The number of nitrogens with zero attached hydrogens (tertiary/aromatic N) is 2. The van der Waals surface area contributed by atoms with E-state index < -0.39 is 0 Å². The molecule has 0 bridgehead atoms. The fourth-order valence-corrected chi connectivity index (χ4v) is 2.82. The van der Waals surface area contributed by atoms with E-state index in [1.165, 1.54) is 0 Å². The van der Waals surface area contributed by atoms with Gasteiger partial charge in [0.25, 0.3) is 0 Å². The Bertz CT molecular complexity index is 857. The van der Waals surface area contributed by atoms with Crippen LogP contribution in [0.4, 0.5) is 0 Å². The highest BCUT2D eigenvalue weighted by Crippen LogP contribution is 2.20. The van der Waals surface area contributed by atoms with Crippen LogP contribution in [-0.2, 0) is 13.0 Å². The fraction of sp³-hybridized carbons (Fsp3) is 0.158. The molecule has 122 valence electrons. The van der Waals surface area contributed by atoms with Crippen LogP contribution in [0.3, 0.4) is 0 Å². The van der Waals surface area contributed by atoms with Crippen molar-refractivity contribution in [3.8, 4) is 5.75 Å². The monoisotopic (exact) mass is 337 g/mol. The first-order valence-electron chi connectivity index (χ1n) is 7.68. The molecule has 5 heteroatoms. The molecule has 0 spiro atoms. The lowest BCUT2D eigenvalue weighted by molar-refractivity contribution is 0.410. The van der Waals surface area contributed by atoms with Crippen molar-refractivity contribution in [2.24, 2.45) is 5.73 Å². The van der Waals surface area contributed by atoms with Gasteiger partial charge in [-0.25, -0.2) is 4.98 Å². The second-order valence-electron chi connectivity index (χ2n) is 5.52. The molecule has 0 aliphatic carbocycles. The van der Waals surface area contributed by atoms with Crippen molar-refractivity contribution in [3.05, 3.63) is 83.4 Å². The van der Waals surface area contributed by atoms with Gasteiger partial charge in [-0.2, -0.15) is 0 Å². The maximum absolute atomic E-state index is 5.72. The van der Waals surface area contributed by atoms with E-state index in [1.807, 2.05) is 48.8 Å². The van der Waals surface area contributed by atoms with Gasteiger partial charge >= 0.3 is 0 Å².